The molecule has 1 rings (SSSR count). The van der Waals surface area contributed by atoms with Crippen molar-refractivity contribution in [2.24, 2.45) is 5.92 Å². The lowest BCUT2D eigenvalue weighted by Crippen LogP contribution is -2.46. The first kappa shape index (κ1) is 19.3. The molecule has 8 heteroatoms. The number of hydrogen-bond donors (Lipinski definition) is 3. The van der Waals surface area contributed by atoms with Crippen molar-refractivity contribution in [3.8, 4) is 0 Å². The number of hydrogen-bond acceptors (Lipinski definition) is 3. The number of benzene rings is 1. The van der Waals surface area contributed by atoms with Crippen molar-refractivity contribution in [1.82, 2.24) is 10.6 Å². The lowest BCUT2D eigenvalue weighted by atomic mass is 10.0. The number of rotatable bonds is 7. The number of carbonyl (C=O) groups is 3. The van der Waals surface area contributed by atoms with Gasteiger partial charge in [-0.2, -0.15) is 0 Å². The van der Waals surface area contributed by atoms with Crippen molar-refractivity contribution < 1.29 is 19.5 Å². The Morgan fingerprint density at radius 1 is 1.22 bits per heavy atom. The van der Waals surface area contributed by atoms with Gasteiger partial charge in [0.1, 0.15) is 6.04 Å². The fraction of sp³-hybridized carbons (Fsp3) is 0.400. The second kappa shape index (κ2) is 8.74. The summed E-state index contributed by atoms with van der Waals surface area (Å²) >= 11 is 11.7. The Kier molecular flexibility index (Phi) is 7.32. The van der Waals surface area contributed by atoms with E-state index in [4.69, 9.17) is 28.3 Å². The molecule has 0 aliphatic rings. The number of carboxylic acids is 1. The summed E-state index contributed by atoms with van der Waals surface area (Å²) in [6, 6.07) is 3.58. The molecule has 0 aliphatic carbocycles. The highest BCUT2D eigenvalue weighted by Gasteiger charge is 2.21. The van der Waals surface area contributed by atoms with Crippen molar-refractivity contribution >= 4 is 41.0 Å². The monoisotopic (exact) mass is 360 g/mol. The molecule has 0 radical (unpaired) electrons. The maximum absolute atomic E-state index is 12.0. The maximum atomic E-state index is 12.0. The van der Waals surface area contributed by atoms with E-state index in [1.807, 2.05) is 13.8 Å². The molecule has 0 saturated heterocycles. The van der Waals surface area contributed by atoms with Gasteiger partial charge < -0.3 is 15.7 Å². The molecular weight excluding hydrogens is 343 g/mol. The highest BCUT2D eigenvalue weighted by Crippen LogP contribution is 2.25. The lowest BCUT2D eigenvalue weighted by molar-refractivity contribution is -0.142. The van der Waals surface area contributed by atoms with Crippen molar-refractivity contribution in [3.63, 3.8) is 0 Å². The van der Waals surface area contributed by atoms with Gasteiger partial charge in [-0.05, 0) is 24.5 Å². The summed E-state index contributed by atoms with van der Waals surface area (Å²) in [7, 11) is 0. The number of carbonyl (C=O) groups excluding carboxylic acids is 2. The van der Waals surface area contributed by atoms with Gasteiger partial charge in [-0.1, -0.05) is 43.1 Å². The second-order valence-corrected chi connectivity index (χ2v) is 6.16. The van der Waals surface area contributed by atoms with Gasteiger partial charge in [0.2, 0.25) is 5.91 Å². The number of halogens is 2. The Labute approximate surface area is 144 Å². The maximum Gasteiger partial charge on any atom is 0.326 e. The van der Waals surface area contributed by atoms with Crippen molar-refractivity contribution in [1.29, 1.82) is 0 Å². The molecule has 1 aromatic rings. The highest BCUT2D eigenvalue weighted by molar-refractivity contribution is 6.43. The zero-order valence-corrected chi connectivity index (χ0v) is 14.2. The van der Waals surface area contributed by atoms with Crippen molar-refractivity contribution in [2.45, 2.75) is 26.3 Å². The molecule has 23 heavy (non-hydrogen) atoms. The molecule has 0 heterocycles. The number of aliphatic carboxylic acids is 1. The molecule has 0 bridgehead atoms. The third-order valence-corrected chi connectivity index (χ3v) is 3.77. The zero-order chi connectivity index (χ0) is 17.6. The van der Waals surface area contributed by atoms with E-state index in [9.17, 15) is 14.4 Å². The van der Waals surface area contributed by atoms with Gasteiger partial charge in [0.05, 0.1) is 22.2 Å². The van der Waals surface area contributed by atoms with Crippen LogP contribution in [0.4, 0.5) is 0 Å². The Balaban J connectivity index is 2.60. The van der Waals surface area contributed by atoms with E-state index in [1.165, 1.54) is 12.1 Å². The van der Waals surface area contributed by atoms with Gasteiger partial charge in [-0.15, -0.1) is 0 Å². The average molecular weight is 361 g/mol. The molecule has 0 fully saturated rings. The number of amides is 2. The van der Waals surface area contributed by atoms with Crippen LogP contribution in [0.3, 0.4) is 0 Å². The quantitative estimate of drug-likeness (QED) is 0.695. The Bertz CT molecular complexity index is 605. The third-order valence-electron chi connectivity index (χ3n) is 2.95. The summed E-state index contributed by atoms with van der Waals surface area (Å²) < 4.78 is 0. The summed E-state index contributed by atoms with van der Waals surface area (Å²) in [6.07, 6.45) is 0.301. The Hall–Kier alpha value is -1.79. The van der Waals surface area contributed by atoms with Crippen LogP contribution in [0.2, 0.25) is 10.0 Å². The first-order valence-electron chi connectivity index (χ1n) is 6.96. The molecule has 6 nitrogen and oxygen atoms in total. The molecule has 0 unspecified atom stereocenters. The first-order valence-corrected chi connectivity index (χ1v) is 7.72. The van der Waals surface area contributed by atoms with Crippen LogP contribution in [-0.4, -0.2) is 35.5 Å². The summed E-state index contributed by atoms with van der Waals surface area (Å²) in [5.41, 5.74) is 0.143. The van der Waals surface area contributed by atoms with Crippen LogP contribution in [0.25, 0.3) is 0 Å². The molecule has 3 N–H and O–H groups in total. The molecule has 0 aromatic heterocycles. The molecule has 0 saturated carbocycles. The van der Waals surface area contributed by atoms with E-state index in [-0.39, 0.29) is 28.1 Å². The van der Waals surface area contributed by atoms with Crippen LogP contribution in [0, 0.1) is 5.92 Å². The van der Waals surface area contributed by atoms with E-state index < -0.39 is 23.8 Å². The topological polar surface area (TPSA) is 95.5 Å². The van der Waals surface area contributed by atoms with Gasteiger partial charge in [-0.25, -0.2) is 4.79 Å². The molecule has 2 amide bonds. The SMILES string of the molecule is CC(C)C[C@H](NC(=O)CNC(=O)c1cccc(Cl)c1Cl)C(=O)O. The fourth-order valence-corrected chi connectivity index (χ4v) is 2.26. The van der Waals surface area contributed by atoms with Gasteiger partial charge in [0.15, 0.2) is 0 Å². The van der Waals surface area contributed by atoms with Crippen LogP contribution in [0.1, 0.15) is 30.6 Å². The van der Waals surface area contributed by atoms with Crippen LogP contribution in [0.5, 0.6) is 0 Å². The van der Waals surface area contributed by atoms with E-state index in [0.29, 0.717) is 6.42 Å². The predicted molar refractivity (Wildman–Crippen MR) is 87.8 cm³/mol. The minimum absolute atomic E-state index is 0.0929. The number of carboxylic acid groups (broad SMARTS) is 1. The summed E-state index contributed by atoms with van der Waals surface area (Å²) in [5, 5.41) is 14.1. The van der Waals surface area contributed by atoms with Gasteiger partial charge in [-0.3, -0.25) is 9.59 Å². The molecule has 126 valence electrons. The van der Waals surface area contributed by atoms with E-state index >= 15 is 0 Å². The van der Waals surface area contributed by atoms with Crippen LogP contribution in [0.15, 0.2) is 18.2 Å². The minimum atomic E-state index is -1.11. The van der Waals surface area contributed by atoms with Crippen LogP contribution >= 0.6 is 23.2 Å². The molecule has 1 atom stereocenters. The molecular formula is C15H18Cl2N2O4. The minimum Gasteiger partial charge on any atom is -0.480 e. The second-order valence-electron chi connectivity index (χ2n) is 5.37. The van der Waals surface area contributed by atoms with E-state index in [2.05, 4.69) is 10.6 Å². The molecule has 0 aliphatic heterocycles. The Morgan fingerprint density at radius 3 is 2.43 bits per heavy atom. The van der Waals surface area contributed by atoms with Gasteiger partial charge in [0.25, 0.3) is 5.91 Å². The molecule has 0 spiro atoms. The Morgan fingerprint density at radius 2 is 1.87 bits per heavy atom. The normalized spacial score (nSPS) is 11.9. The average Bonchev–Trinajstić information content (AvgIpc) is 2.46. The highest BCUT2D eigenvalue weighted by atomic mass is 35.5. The van der Waals surface area contributed by atoms with Crippen molar-refractivity contribution in [2.75, 3.05) is 6.54 Å². The first-order chi connectivity index (χ1) is 10.7. The standard InChI is InChI=1S/C15H18Cl2N2O4/c1-8(2)6-11(15(22)23)19-12(20)7-18-14(21)9-4-3-5-10(16)13(9)17/h3-5,8,11H,6-7H2,1-2H3,(H,18,21)(H,19,20)(H,22,23)/t11-/m0/s1. The summed E-state index contributed by atoms with van der Waals surface area (Å²) in [4.78, 5) is 34.8. The van der Waals surface area contributed by atoms with Crippen LogP contribution in [-0.2, 0) is 9.59 Å². The lowest BCUT2D eigenvalue weighted by Gasteiger charge is -2.16. The summed E-state index contributed by atoms with van der Waals surface area (Å²) in [5.74, 6) is -2.17. The smallest absolute Gasteiger partial charge is 0.326 e. The van der Waals surface area contributed by atoms with Gasteiger partial charge >= 0.3 is 5.97 Å². The zero-order valence-electron chi connectivity index (χ0n) is 12.7. The van der Waals surface area contributed by atoms with E-state index in [0.717, 1.165) is 0 Å². The van der Waals surface area contributed by atoms with Crippen molar-refractivity contribution in [3.05, 3.63) is 33.8 Å². The third kappa shape index (κ3) is 6.08. The predicted octanol–water partition coefficient (Wildman–Crippen LogP) is 2.34. The van der Waals surface area contributed by atoms with Crippen LogP contribution < -0.4 is 10.6 Å². The molecule has 1 aromatic carbocycles. The summed E-state index contributed by atoms with van der Waals surface area (Å²) in [6.45, 7) is 3.35. The largest absolute Gasteiger partial charge is 0.480 e. The fourth-order valence-electron chi connectivity index (χ4n) is 1.87. The van der Waals surface area contributed by atoms with E-state index in [1.54, 1.807) is 6.07 Å². The van der Waals surface area contributed by atoms with Gasteiger partial charge in [0, 0.05) is 0 Å². The number of nitrogens with one attached hydrogen (secondary N) is 2.